The minimum atomic E-state index is -0.0664. The molecule has 0 saturated heterocycles. The van der Waals surface area contributed by atoms with Gasteiger partial charge in [-0.2, -0.15) is 5.10 Å². The zero-order chi connectivity index (χ0) is 19.0. The monoisotopic (exact) mass is 388 g/mol. The molecule has 0 aliphatic carbocycles. The Balaban J connectivity index is 1.77. The van der Waals surface area contributed by atoms with Crippen LogP contribution in [0, 0.1) is 0 Å². The summed E-state index contributed by atoms with van der Waals surface area (Å²) in [6.45, 7) is 6.32. The van der Waals surface area contributed by atoms with Crippen molar-refractivity contribution >= 4 is 35.0 Å². The van der Waals surface area contributed by atoms with Gasteiger partial charge in [0.25, 0.3) is 0 Å². The van der Waals surface area contributed by atoms with E-state index in [9.17, 15) is 4.79 Å². The van der Waals surface area contributed by atoms with Crippen LogP contribution >= 0.6 is 23.4 Å². The zero-order valence-electron chi connectivity index (χ0n) is 15.5. The first kappa shape index (κ1) is 20.5. The number of nitrogens with zero attached hydrogens (tertiary/aromatic N) is 1. The Kier molecular flexibility index (Phi) is 7.73. The molecule has 1 N–H and O–H groups in total. The lowest BCUT2D eigenvalue weighted by atomic mass is 9.80. The number of nitrogens with one attached hydrogen (secondary N) is 1. The van der Waals surface area contributed by atoms with Crippen molar-refractivity contribution in [3.8, 4) is 0 Å². The minimum absolute atomic E-state index is 0.0238. The highest BCUT2D eigenvalue weighted by Gasteiger charge is 2.21. The second kappa shape index (κ2) is 9.79. The number of carbonyl (C=O) groups excluding carboxylic acids is 1. The first-order chi connectivity index (χ1) is 12.4. The van der Waals surface area contributed by atoms with Crippen molar-refractivity contribution < 1.29 is 4.79 Å². The Morgan fingerprint density at radius 1 is 1.12 bits per heavy atom. The molecule has 138 valence electrons. The molecule has 26 heavy (non-hydrogen) atoms. The van der Waals surface area contributed by atoms with Crippen molar-refractivity contribution in [1.29, 1.82) is 0 Å². The van der Waals surface area contributed by atoms with Crippen molar-refractivity contribution in [2.24, 2.45) is 5.10 Å². The minimum Gasteiger partial charge on any atom is -0.273 e. The van der Waals surface area contributed by atoms with Crippen molar-refractivity contribution in [3.05, 3.63) is 65.2 Å². The average molecular weight is 389 g/mol. The fourth-order valence-electron chi connectivity index (χ4n) is 2.68. The Hall–Kier alpha value is -1.78. The molecule has 0 aromatic heterocycles. The maximum Gasteiger partial charge on any atom is 0.240 e. The third kappa shape index (κ3) is 6.85. The molecule has 0 heterocycles. The van der Waals surface area contributed by atoms with Gasteiger partial charge in [-0.25, -0.2) is 5.43 Å². The summed E-state index contributed by atoms with van der Waals surface area (Å²) in [4.78, 5) is 13.1. The lowest BCUT2D eigenvalue weighted by molar-refractivity contribution is -0.120. The van der Waals surface area contributed by atoms with Crippen LogP contribution in [0.1, 0.15) is 39.2 Å². The second-order valence-electron chi connectivity index (χ2n) is 6.86. The van der Waals surface area contributed by atoms with Gasteiger partial charge in [-0.15, -0.1) is 11.8 Å². The molecule has 0 fully saturated rings. The molecule has 0 unspecified atom stereocenters. The van der Waals surface area contributed by atoms with Crippen LogP contribution in [0.3, 0.4) is 0 Å². The lowest BCUT2D eigenvalue weighted by Gasteiger charge is -2.25. The third-order valence-corrected chi connectivity index (χ3v) is 5.30. The van der Waals surface area contributed by atoms with Crippen LogP contribution < -0.4 is 5.43 Å². The molecular weight excluding hydrogens is 364 g/mol. The Labute approximate surface area is 165 Å². The number of carbonyl (C=O) groups is 1. The van der Waals surface area contributed by atoms with Gasteiger partial charge in [-0.05, 0) is 48.6 Å². The molecule has 5 heteroatoms. The standard InChI is InChI=1S/C21H25ClN2OS/c1-16(15-21(2,3)17-7-5-4-6-8-17)23-24-20(25)13-14-26-19-11-9-18(22)10-12-19/h4-12H,13-15H2,1-3H3,(H,24,25). The normalized spacial score (nSPS) is 12.1. The van der Waals surface area contributed by atoms with E-state index in [2.05, 4.69) is 36.5 Å². The summed E-state index contributed by atoms with van der Waals surface area (Å²) in [5, 5.41) is 4.98. The largest absolute Gasteiger partial charge is 0.273 e. The van der Waals surface area contributed by atoms with E-state index in [1.54, 1.807) is 11.8 Å². The molecule has 0 saturated carbocycles. The van der Waals surface area contributed by atoms with Gasteiger partial charge in [0.15, 0.2) is 0 Å². The fraction of sp³-hybridized carbons (Fsp3) is 0.333. The SMILES string of the molecule is CC(CC(C)(C)c1ccccc1)=NNC(=O)CCSc1ccc(Cl)cc1. The second-order valence-corrected chi connectivity index (χ2v) is 8.47. The van der Waals surface area contributed by atoms with Crippen molar-refractivity contribution in [3.63, 3.8) is 0 Å². The van der Waals surface area contributed by atoms with E-state index >= 15 is 0 Å². The van der Waals surface area contributed by atoms with Gasteiger partial charge in [0.1, 0.15) is 0 Å². The number of amides is 1. The average Bonchev–Trinajstić information content (AvgIpc) is 2.62. The number of benzene rings is 2. The molecule has 0 radical (unpaired) electrons. The fourth-order valence-corrected chi connectivity index (χ4v) is 3.65. The van der Waals surface area contributed by atoms with Crippen LogP contribution in [0.5, 0.6) is 0 Å². The van der Waals surface area contributed by atoms with Crippen molar-refractivity contribution in [2.75, 3.05) is 5.75 Å². The topological polar surface area (TPSA) is 41.5 Å². The highest BCUT2D eigenvalue weighted by Crippen LogP contribution is 2.27. The quantitative estimate of drug-likeness (QED) is 0.359. The van der Waals surface area contributed by atoms with Gasteiger partial charge >= 0.3 is 0 Å². The molecule has 1 amide bonds. The first-order valence-corrected chi connectivity index (χ1v) is 9.99. The predicted octanol–water partition coefficient (Wildman–Crippen LogP) is 5.68. The molecular formula is C21H25ClN2OS. The zero-order valence-corrected chi connectivity index (χ0v) is 17.0. The molecule has 0 aliphatic heterocycles. The third-order valence-electron chi connectivity index (χ3n) is 4.04. The molecule has 0 aliphatic rings. The summed E-state index contributed by atoms with van der Waals surface area (Å²) < 4.78 is 0. The number of hydrazone groups is 1. The van der Waals surface area contributed by atoms with Crippen LogP contribution in [0.15, 0.2) is 64.6 Å². The van der Waals surface area contributed by atoms with E-state index in [0.29, 0.717) is 12.2 Å². The molecule has 3 nitrogen and oxygen atoms in total. The maximum atomic E-state index is 12.0. The molecule has 2 aromatic carbocycles. The van der Waals surface area contributed by atoms with E-state index in [1.165, 1.54) is 5.56 Å². The number of hydrogen-bond acceptors (Lipinski definition) is 3. The Morgan fingerprint density at radius 2 is 1.77 bits per heavy atom. The highest BCUT2D eigenvalue weighted by molar-refractivity contribution is 7.99. The van der Waals surface area contributed by atoms with Crippen LogP contribution in [0.4, 0.5) is 0 Å². The smallest absolute Gasteiger partial charge is 0.240 e. The van der Waals surface area contributed by atoms with E-state index in [1.807, 2.05) is 49.4 Å². The van der Waals surface area contributed by atoms with Gasteiger partial charge in [-0.1, -0.05) is 55.8 Å². The predicted molar refractivity (Wildman–Crippen MR) is 112 cm³/mol. The summed E-state index contributed by atoms with van der Waals surface area (Å²) in [5.74, 6) is 0.640. The van der Waals surface area contributed by atoms with E-state index in [-0.39, 0.29) is 11.3 Å². The number of thioether (sulfide) groups is 1. The first-order valence-electron chi connectivity index (χ1n) is 8.63. The van der Waals surface area contributed by atoms with Crippen LogP contribution in [-0.2, 0) is 10.2 Å². The van der Waals surface area contributed by atoms with Gasteiger partial charge in [0.2, 0.25) is 5.91 Å². The Morgan fingerprint density at radius 3 is 2.42 bits per heavy atom. The van der Waals surface area contributed by atoms with Gasteiger partial charge in [-0.3, -0.25) is 4.79 Å². The van der Waals surface area contributed by atoms with E-state index < -0.39 is 0 Å². The maximum absolute atomic E-state index is 12.0. The van der Waals surface area contributed by atoms with Gasteiger partial charge in [0.05, 0.1) is 0 Å². The summed E-state index contributed by atoms with van der Waals surface area (Å²) in [6.07, 6.45) is 1.21. The lowest BCUT2D eigenvalue weighted by Crippen LogP contribution is -2.24. The number of halogens is 1. The van der Waals surface area contributed by atoms with Crippen LogP contribution in [0.2, 0.25) is 5.02 Å². The number of hydrogen-bond donors (Lipinski definition) is 1. The molecule has 0 atom stereocenters. The summed E-state index contributed by atoms with van der Waals surface area (Å²) in [7, 11) is 0. The highest BCUT2D eigenvalue weighted by atomic mass is 35.5. The molecule has 0 spiro atoms. The summed E-state index contributed by atoms with van der Waals surface area (Å²) in [6, 6.07) is 18.0. The molecule has 0 bridgehead atoms. The van der Waals surface area contributed by atoms with Crippen LogP contribution in [-0.4, -0.2) is 17.4 Å². The Bertz CT molecular complexity index is 742. The summed E-state index contributed by atoms with van der Waals surface area (Å²) >= 11 is 7.49. The van der Waals surface area contributed by atoms with E-state index in [0.717, 1.165) is 22.1 Å². The molecule has 2 aromatic rings. The van der Waals surface area contributed by atoms with Crippen molar-refractivity contribution in [2.45, 2.75) is 43.9 Å². The molecule has 2 rings (SSSR count). The van der Waals surface area contributed by atoms with Crippen molar-refractivity contribution in [1.82, 2.24) is 5.43 Å². The number of rotatable bonds is 8. The van der Waals surface area contributed by atoms with Crippen LogP contribution in [0.25, 0.3) is 0 Å². The summed E-state index contributed by atoms with van der Waals surface area (Å²) in [5.41, 5.74) is 4.82. The van der Waals surface area contributed by atoms with Gasteiger partial charge in [0, 0.05) is 27.8 Å². The van der Waals surface area contributed by atoms with E-state index in [4.69, 9.17) is 11.6 Å². The van der Waals surface area contributed by atoms with Gasteiger partial charge < -0.3 is 0 Å².